The maximum Gasteiger partial charge on any atom is 0.240 e. The Hall–Kier alpha value is -1.42. The number of benzene rings is 1. The van der Waals surface area contributed by atoms with Crippen LogP contribution in [-0.4, -0.2) is 27.2 Å². The first kappa shape index (κ1) is 14.0. The molecule has 0 aromatic heterocycles. The van der Waals surface area contributed by atoms with E-state index in [1.807, 2.05) is 6.07 Å². The van der Waals surface area contributed by atoms with Crippen molar-refractivity contribution in [2.75, 3.05) is 6.61 Å². The first-order valence-electron chi connectivity index (χ1n) is 6.17. The lowest BCUT2D eigenvalue weighted by molar-refractivity contribution is 0.0902. The van der Waals surface area contributed by atoms with E-state index in [4.69, 9.17) is 10.00 Å². The van der Waals surface area contributed by atoms with E-state index in [1.165, 1.54) is 24.3 Å². The standard InChI is InChI=1S/C13H16N2O3S/c1-10(13-3-2-8-18-13)15-19(16,17)12-6-4-11(9-14)5-7-12/h4-7,10,13,15H,2-3,8H2,1H3/t10-,13+/m0/s1. The van der Waals surface area contributed by atoms with E-state index in [0.29, 0.717) is 12.2 Å². The van der Waals surface area contributed by atoms with Crippen molar-refractivity contribution >= 4 is 10.0 Å². The van der Waals surface area contributed by atoms with Crippen molar-refractivity contribution in [1.29, 1.82) is 5.26 Å². The average Bonchev–Trinajstić information content (AvgIpc) is 2.92. The van der Waals surface area contributed by atoms with Crippen molar-refractivity contribution in [1.82, 2.24) is 4.72 Å². The van der Waals surface area contributed by atoms with Crippen LogP contribution in [0.15, 0.2) is 29.2 Å². The van der Waals surface area contributed by atoms with Crippen LogP contribution in [0.4, 0.5) is 0 Å². The first-order chi connectivity index (χ1) is 9.03. The van der Waals surface area contributed by atoms with E-state index < -0.39 is 10.0 Å². The van der Waals surface area contributed by atoms with Crippen LogP contribution in [0.2, 0.25) is 0 Å². The van der Waals surface area contributed by atoms with Gasteiger partial charge in [0, 0.05) is 12.6 Å². The van der Waals surface area contributed by atoms with Crippen LogP contribution in [0.25, 0.3) is 0 Å². The Morgan fingerprint density at radius 2 is 2.11 bits per heavy atom. The molecule has 1 aliphatic heterocycles. The molecule has 1 fully saturated rings. The highest BCUT2D eigenvalue weighted by atomic mass is 32.2. The number of nitrogens with one attached hydrogen (secondary N) is 1. The van der Waals surface area contributed by atoms with Gasteiger partial charge in [0.05, 0.1) is 22.6 Å². The van der Waals surface area contributed by atoms with Crippen molar-refractivity contribution in [2.45, 2.75) is 36.8 Å². The molecule has 102 valence electrons. The van der Waals surface area contributed by atoms with E-state index >= 15 is 0 Å². The summed E-state index contributed by atoms with van der Waals surface area (Å²) in [6.07, 6.45) is 1.78. The summed E-state index contributed by atoms with van der Waals surface area (Å²) in [5, 5.41) is 8.69. The van der Waals surface area contributed by atoms with Gasteiger partial charge < -0.3 is 4.74 Å². The van der Waals surface area contributed by atoms with Gasteiger partial charge in [0.2, 0.25) is 10.0 Å². The van der Waals surface area contributed by atoms with Crippen molar-refractivity contribution in [3.05, 3.63) is 29.8 Å². The molecule has 2 rings (SSSR count). The number of nitriles is 1. The summed E-state index contributed by atoms with van der Waals surface area (Å²) in [5.74, 6) is 0. The quantitative estimate of drug-likeness (QED) is 0.904. The van der Waals surface area contributed by atoms with Gasteiger partial charge in [-0.2, -0.15) is 5.26 Å². The molecule has 2 atom stereocenters. The van der Waals surface area contributed by atoms with E-state index in [0.717, 1.165) is 12.8 Å². The number of nitrogens with zero attached hydrogens (tertiary/aromatic N) is 1. The lowest BCUT2D eigenvalue weighted by Crippen LogP contribution is -2.40. The van der Waals surface area contributed by atoms with E-state index in [1.54, 1.807) is 6.92 Å². The maximum absolute atomic E-state index is 12.1. The van der Waals surface area contributed by atoms with Gasteiger partial charge >= 0.3 is 0 Å². The van der Waals surface area contributed by atoms with Gasteiger partial charge in [-0.15, -0.1) is 0 Å². The monoisotopic (exact) mass is 280 g/mol. The third-order valence-electron chi connectivity index (χ3n) is 3.16. The Morgan fingerprint density at radius 1 is 1.42 bits per heavy atom. The summed E-state index contributed by atoms with van der Waals surface area (Å²) < 4.78 is 32.4. The highest BCUT2D eigenvalue weighted by Crippen LogP contribution is 2.18. The molecule has 0 bridgehead atoms. The van der Waals surface area contributed by atoms with Gasteiger partial charge in [0.15, 0.2) is 0 Å². The lowest BCUT2D eigenvalue weighted by atomic mass is 10.1. The Balaban J connectivity index is 2.10. The summed E-state index contributed by atoms with van der Waals surface area (Å²) in [6, 6.07) is 7.54. The Morgan fingerprint density at radius 3 is 2.63 bits per heavy atom. The summed E-state index contributed by atoms with van der Waals surface area (Å²) in [4.78, 5) is 0.163. The molecule has 0 spiro atoms. The highest BCUT2D eigenvalue weighted by molar-refractivity contribution is 7.89. The zero-order chi connectivity index (χ0) is 13.9. The third-order valence-corrected chi connectivity index (χ3v) is 4.73. The molecule has 0 unspecified atom stereocenters. The second-order valence-electron chi connectivity index (χ2n) is 4.60. The molecule has 1 aliphatic rings. The molecule has 0 saturated carbocycles. The zero-order valence-electron chi connectivity index (χ0n) is 10.7. The van der Waals surface area contributed by atoms with Crippen molar-refractivity contribution in [3.63, 3.8) is 0 Å². The lowest BCUT2D eigenvalue weighted by Gasteiger charge is -2.19. The molecular formula is C13H16N2O3S. The summed E-state index contributed by atoms with van der Waals surface area (Å²) in [6.45, 7) is 2.49. The molecule has 0 amide bonds. The third kappa shape index (κ3) is 3.32. The van der Waals surface area contributed by atoms with Crippen LogP contribution in [-0.2, 0) is 14.8 Å². The fourth-order valence-electron chi connectivity index (χ4n) is 2.09. The van der Waals surface area contributed by atoms with Crippen molar-refractivity contribution < 1.29 is 13.2 Å². The number of sulfonamides is 1. The molecule has 1 saturated heterocycles. The summed E-state index contributed by atoms with van der Waals surface area (Å²) >= 11 is 0. The first-order valence-corrected chi connectivity index (χ1v) is 7.65. The minimum absolute atomic E-state index is 0.0619. The van der Waals surface area contributed by atoms with Crippen molar-refractivity contribution in [2.24, 2.45) is 0 Å². The molecule has 0 radical (unpaired) electrons. The average molecular weight is 280 g/mol. The number of ether oxygens (including phenoxy) is 1. The summed E-state index contributed by atoms with van der Waals surface area (Å²) in [7, 11) is -3.56. The summed E-state index contributed by atoms with van der Waals surface area (Å²) in [5.41, 5.74) is 0.436. The van der Waals surface area contributed by atoms with Crippen LogP contribution in [0.3, 0.4) is 0 Å². The van der Waals surface area contributed by atoms with Gasteiger partial charge in [-0.05, 0) is 44.0 Å². The van der Waals surface area contributed by atoms with Crippen LogP contribution >= 0.6 is 0 Å². The maximum atomic E-state index is 12.1. The van der Waals surface area contributed by atoms with E-state index in [2.05, 4.69) is 4.72 Å². The number of hydrogen-bond donors (Lipinski definition) is 1. The number of rotatable bonds is 4. The fourth-order valence-corrected chi connectivity index (χ4v) is 3.37. The topological polar surface area (TPSA) is 79.2 Å². The van der Waals surface area contributed by atoms with Crippen molar-refractivity contribution in [3.8, 4) is 6.07 Å². The normalized spacial score (nSPS) is 20.9. The van der Waals surface area contributed by atoms with Gasteiger partial charge in [0.1, 0.15) is 0 Å². The second kappa shape index (κ2) is 5.70. The number of hydrogen-bond acceptors (Lipinski definition) is 4. The Labute approximate surface area is 113 Å². The predicted octanol–water partition coefficient (Wildman–Crippen LogP) is 1.40. The smallest absolute Gasteiger partial charge is 0.240 e. The van der Waals surface area contributed by atoms with E-state index in [9.17, 15) is 8.42 Å². The van der Waals surface area contributed by atoms with Crippen LogP contribution in [0.5, 0.6) is 0 Å². The molecule has 1 aromatic carbocycles. The largest absolute Gasteiger partial charge is 0.377 e. The van der Waals surface area contributed by atoms with Gasteiger partial charge in [-0.25, -0.2) is 13.1 Å². The molecule has 5 nitrogen and oxygen atoms in total. The fraction of sp³-hybridized carbons (Fsp3) is 0.462. The molecule has 0 aliphatic carbocycles. The Kier molecular flexibility index (Phi) is 4.20. The SMILES string of the molecule is C[C@H](NS(=O)(=O)c1ccc(C#N)cc1)[C@H]1CCCO1. The van der Waals surface area contributed by atoms with Gasteiger partial charge in [-0.1, -0.05) is 0 Å². The van der Waals surface area contributed by atoms with E-state index in [-0.39, 0.29) is 17.0 Å². The second-order valence-corrected chi connectivity index (χ2v) is 6.31. The van der Waals surface area contributed by atoms with Gasteiger partial charge in [0.25, 0.3) is 0 Å². The van der Waals surface area contributed by atoms with Crippen LogP contribution in [0, 0.1) is 11.3 Å². The van der Waals surface area contributed by atoms with Gasteiger partial charge in [-0.3, -0.25) is 0 Å². The molecular weight excluding hydrogens is 264 g/mol. The molecule has 1 N–H and O–H groups in total. The molecule has 19 heavy (non-hydrogen) atoms. The minimum Gasteiger partial charge on any atom is -0.377 e. The molecule has 6 heteroatoms. The minimum atomic E-state index is -3.56. The zero-order valence-corrected chi connectivity index (χ0v) is 11.5. The molecule has 1 aromatic rings. The molecule has 1 heterocycles. The Bertz CT molecular complexity index is 569. The van der Waals surface area contributed by atoms with Crippen LogP contribution in [0.1, 0.15) is 25.3 Å². The highest BCUT2D eigenvalue weighted by Gasteiger charge is 2.26. The van der Waals surface area contributed by atoms with Crippen LogP contribution < -0.4 is 4.72 Å². The predicted molar refractivity (Wildman–Crippen MR) is 69.9 cm³/mol.